The molecule has 0 spiro atoms. The fourth-order valence-corrected chi connectivity index (χ4v) is 3.01. The van der Waals surface area contributed by atoms with Gasteiger partial charge >= 0.3 is 0 Å². The van der Waals surface area contributed by atoms with Crippen molar-refractivity contribution in [3.8, 4) is 0 Å². The van der Waals surface area contributed by atoms with Crippen molar-refractivity contribution in [3.05, 3.63) is 34.6 Å². The summed E-state index contributed by atoms with van der Waals surface area (Å²) in [7, 11) is 0. The van der Waals surface area contributed by atoms with Gasteiger partial charge in [-0.25, -0.2) is 4.39 Å². The number of likely N-dealkylation sites (N-methyl/N-ethyl adjacent to an activating group) is 1. The summed E-state index contributed by atoms with van der Waals surface area (Å²) in [6, 6.07) is 5.30. The summed E-state index contributed by atoms with van der Waals surface area (Å²) in [6.07, 6.45) is 5.55. The maximum Gasteiger partial charge on any atom is 0.142 e. The van der Waals surface area contributed by atoms with Gasteiger partial charge in [-0.1, -0.05) is 30.7 Å². The molecule has 1 aliphatic heterocycles. The standard InChI is InChI=1S/C16H23ClFNO/c1-2-19-13(11-14-7-3-4-9-20-14)10-12-6-5-8-15(18)16(12)17/h5-6,8,13-14,19H,2-4,7,9-11H2,1H3. The van der Waals surface area contributed by atoms with Crippen molar-refractivity contribution in [1.82, 2.24) is 5.32 Å². The van der Waals surface area contributed by atoms with E-state index in [0.29, 0.717) is 6.10 Å². The van der Waals surface area contributed by atoms with Crippen molar-refractivity contribution in [2.45, 2.75) is 51.2 Å². The SMILES string of the molecule is CCNC(Cc1cccc(F)c1Cl)CC1CCCCO1. The van der Waals surface area contributed by atoms with Gasteiger partial charge in [-0.2, -0.15) is 0 Å². The van der Waals surface area contributed by atoms with Gasteiger partial charge in [0, 0.05) is 12.6 Å². The van der Waals surface area contributed by atoms with Crippen LogP contribution in [-0.2, 0) is 11.2 Å². The molecule has 2 nitrogen and oxygen atoms in total. The van der Waals surface area contributed by atoms with Crippen LogP contribution in [0.5, 0.6) is 0 Å². The molecule has 1 N–H and O–H groups in total. The fraction of sp³-hybridized carbons (Fsp3) is 0.625. The lowest BCUT2D eigenvalue weighted by atomic mass is 9.96. The predicted octanol–water partition coefficient (Wildman–Crippen LogP) is 3.96. The molecule has 1 aliphatic rings. The van der Waals surface area contributed by atoms with E-state index < -0.39 is 0 Å². The second-order valence-corrected chi connectivity index (χ2v) is 5.77. The molecule has 112 valence electrons. The summed E-state index contributed by atoms with van der Waals surface area (Å²) in [5.74, 6) is -0.340. The van der Waals surface area contributed by atoms with Gasteiger partial charge < -0.3 is 10.1 Å². The number of hydrogen-bond donors (Lipinski definition) is 1. The molecule has 1 fully saturated rings. The molecule has 1 aromatic rings. The summed E-state index contributed by atoms with van der Waals surface area (Å²) in [4.78, 5) is 0. The van der Waals surface area contributed by atoms with Crippen molar-refractivity contribution in [2.75, 3.05) is 13.2 Å². The van der Waals surface area contributed by atoms with E-state index in [4.69, 9.17) is 16.3 Å². The second kappa shape index (κ2) is 7.96. The van der Waals surface area contributed by atoms with Gasteiger partial charge in [0.2, 0.25) is 0 Å². The van der Waals surface area contributed by atoms with Crippen molar-refractivity contribution in [3.63, 3.8) is 0 Å². The molecule has 1 saturated heterocycles. The minimum Gasteiger partial charge on any atom is -0.378 e. The van der Waals surface area contributed by atoms with Crippen molar-refractivity contribution in [2.24, 2.45) is 0 Å². The molecule has 4 heteroatoms. The van der Waals surface area contributed by atoms with E-state index in [2.05, 4.69) is 12.2 Å². The number of benzene rings is 1. The van der Waals surface area contributed by atoms with Crippen molar-refractivity contribution in [1.29, 1.82) is 0 Å². The van der Waals surface area contributed by atoms with Crippen molar-refractivity contribution < 1.29 is 9.13 Å². The minimum atomic E-state index is -0.340. The van der Waals surface area contributed by atoms with Crippen LogP contribution in [0.25, 0.3) is 0 Å². The third-order valence-electron chi connectivity index (χ3n) is 3.81. The number of rotatable bonds is 6. The molecule has 2 atom stereocenters. The predicted molar refractivity (Wildman–Crippen MR) is 80.8 cm³/mol. The van der Waals surface area contributed by atoms with Gasteiger partial charge in [0.15, 0.2) is 0 Å². The summed E-state index contributed by atoms with van der Waals surface area (Å²) in [5, 5.41) is 3.71. The van der Waals surface area contributed by atoms with E-state index in [-0.39, 0.29) is 16.9 Å². The molecule has 0 aromatic heterocycles. The topological polar surface area (TPSA) is 21.3 Å². The normalized spacial score (nSPS) is 20.9. The van der Waals surface area contributed by atoms with Crippen LogP contribution in [-0.4, -0.2) is 25.3 Å². The summed E-state index contributed by atoms with van der Waals surface area (Å²) < 4.78 is 19.3. The third-order valence-corrected chi connectivity index (χ3v) is 4.24. The monoisotopic (exact) mass is 299 g/mol. The Balaban J connectivity index is 1.98. The first-order valence-electron chi connectivity index (χ1n) is 7.48. The van der Waals surface area contributed by atoms with Crippen LogP contribution in [0.1, 0.15) is 38.2 Å². The summed E-state index contributed by atoms with van der Waals surface area (Å²) in [5.41, 5.74) is 0.869. The largest absolute Gasteiger partial charge is 0.378 e. The first-order valence-corrected chi connectivity index (χ1v) is 7.86. The molecule has 0 aliphatic carbocycles. The van der Waals surface area contributed by atoms with Gasteiger partial charge in [0.25, 0.3) is 0 Å². The van der Waals surface area contributed by atoms with E-state index in [1.165, 1.54) is 12.5 Å². The maximum absolute atomic E-state index is 13.5. The molecule has 1 aromatic carbocycles. The van der Waals surface area contributed by atoms with Crippen LogP contribution in [0.4, 0.5) is 4.39 Å². The molecule has 2 unspecified atom stereocenters. The zero-order valence-electron chi connectivity index (χ0n) is 12.0. The van der Waals surface area contributed by atoms with Crippen LogP contribution in [0.2, 0.25) is 5.02 Å². The van der Waals surface area contributed by atoms with Crippen LogP contribution >= 0.6 is 11.6 Å². The smallest absolute Gasteiger partial charge is 0.142 e. The first kappa shape index (κ1) is 15.7. The molecular weight excluding hydrogens is 277 g/mol. The van der Waals surface area contributed by atoms with Gasteiger partial charge in [0.05, 0.1) is 11.1 Å². The number of nitrogens with one attached hydrogen (secondary N) is 1. The Morgan fingerprint density at radius 3 is 3.00 bits per heavy atom. The third kappa shape index (κ3) is 4.44. The lowest BCUT2D eigenvalue weighted by molar-refractivity contribution is 0.00535. The Kier molecular flexibility index (Phi) is 6.27. The Morgan fingerprint density at radius 1 is 1.45 bits per heavy atom. The molecule has 20 heavy (non-hydrogen) atoms. The average molecular weight is 300 g/mol. The van der Waals surface area contributed by atoms with Crippen LogP contribution < -0.4 is 5.32 Å². The summed E-state index contributed by atoms with van der Waals surface area (Å²) >= 11 is 6.05. The lowest BCUT2D eigenvalue weighted by Gasteiger charge is -2.27. The number of halogens is 2. The zero-order valence-corrected chi connectivity index (χ0v) is 12.8. The van der Waals surface area contributed by atoms with E-state index in [1.807, 2.05) is 6.07 Å². The zero-order chi connectivity index (χ0) is 14.4. The first-order chi connectivity index (χ1) is 9.70. The van der Waals surface area contributed by atoms with Gasteiger partial charge in [-0.15, -0.1) is 0 Å². The highest BCUT2D eigenvalue weighted by Crippen LogP contribution is 2.23. The highest BCUT2D eigenvalue weighted by Gasteiger charge is 2.20. The van der Waals surface area contributed by atoms with Crippen LogP contribution in [0.15, 0.2) is 18.2 Å². The molecular formula is C16H23ClFNO. The van der Waals surface area contributed by atoms with E-state index in [9.17, 15) is 4.39 Å². The maximum atomic E-state index is 13.5. The molecule has 0 radical (unpaired) electrons. The van der Waals surface area contributed by atoms with Gasteiger partial charge in [-0.3, -0.25) is 0 Å². The van der Waals surface area contributed by atoms with Gasteiger partial charge in [0.1, 0.15) is 5.82 Å². The molecule has 2 rings (SSSR count). The number of hydrogen-bond acceptors (Lipinski definition) is 2. The fourth-order valence-electron chi connectivity index (χ4n) is 2.81. The van der Waals surface area contributed by atoms with Crippen LogP contribution in [0.3, 0.4) is 0 Å². The average Bonchev–Trinajstić information content (AvgIpc) is 2.45. The molecule has 1 heterocycles. The van der Waals surface area contributed by atoms with E-state index >= 15 is 0 Å². The molecule has 0 bridgehead atoms. The lowest BCUT2D eigenvalue weighted by Crippen LogP contribution is -2.36. The number of ether oxygens (including phenoxy) is 1. The quantitative estimate of drug-likeness (QED) is 0.858. The Hall–Kier alpha value is -0.640. The highest BCUT2D eigenvalue weighted by atomic mass is 35.5. The Labute approximate surface area is 125 Å². The second-order valence-electron chi connectivity index (χ2n) is 5.40. The van der Waals surface area contributed by atoms with Crippen molar-refractivity contribution >= 4 is 11.6 Å². The summed E-state index contributed by atoms with van der Waals surface area (Å²) in [6.45, 7) is 3.84. The van der Waals surface area contributed by atoms with Gasteiger partial charge in [-0.05, 0) is 50.3 Å². The highest BCUT2D eigenvalue weighted by molar-refractivity contribution is 6.31. The molecule has 0 amide bonds. The molecule has 0 saturated carbocycles. The van der Waals surface area contributed by atoms with Crippen LogP contribution in [0, 0.1) is 5.82 Å². The Bertz CT molecular complexity index is 421. The van der Waals surface area contributed by atoms with E-state index in [0.717, 1.165) is 44.4 Å². The van der Waals surface area contributed by atoms with E-state index in [1.54, 1.807) is 6.07 Å². The minimum absolute atomic E-state index is 0.250. The Morgan fingerprint density at radius 2 is 2.30 bits per heavy atom.